The Morgan fingerprint density at radius 2 is 1.76 bits per heavy atom. The second kappa shape index (κ2) is 10.8. The number of carbonyl (C=O) groups is 2. The first-order chi connectivity index (χ1) is 17.3. The van der Waals surface area contributed by atoms with Crippen LogP contribution >= 0.6 is 0 Å². The van der Waals surface area contributed by atoms with Gasteiger partial charge in [0.2, 0.25) is 11.8 Å². The van der Waals surface area contributed by atoms with Crippen molar-refractivity contribution in [2.75, 3.05) is 31.6 Å². The molecule has 8 nitrogen and oxygen atoms in total. The lowest BCUT2D eigenvalue weighted by Crippen LogP contribution is -2.48. The number of alkyl halides is 2. The highest BCUT2D eigenvalue weighted by atomic mass is 32.2. The van der Waals surface area contributed by atoms with Crippen molar-refractivity contribution in [3.63, 3.8) is 0 Å². The summed E-state index contributed by atoms with van der Waals surface area (Å²) in [5.74, 6) is -4.42. The largest absolute Gasteiger partial charge is 0.507 e. The van der Waals surface area contributed by atoms with Gasteiger partial charge in [-0.05, 0) is 62.0 Å². The third-order valence-electron chi connectivity index (χ3n) is 8.34. The minimum atomic E-state index is -3.51. The van der Waals surface area contributed by atoms with Crippen LogP contribution in [0.4, 0.5) is 8.78 Å². The van der Waals surface area contributed by atoms with Gasteiger partial charge in [-0.25, -0.2) is 17.2 Å². The highest BCUT2D eigenvalue weighted by Crippen LogP contribution is 2.45. The summed E-state index contributed by atoms with van der Waals surface area (Å²) in [6.45, 7) is 1.22. The van der Waals surface area contributed by atoms with Gasteiger partial charge in [0.25, 0.3) is 5.91 Å². The highest BCUT2D eigenvalue weighted by molar-refractivity contribution is 7.91. The lowest BCUT2D eigenvalue weighted by Gasteiger charge is -2.41. The molecule has 0 aromatic heterocycles. The fraction of sp³-hybridized carbons (Fsp3) is 0.692. The molecule has 0 spiro atoms. The summed E-state index contributed by atoms with van der Waals surface area (Å²) in [4.78, 5) is 28.5. The van der Waals surface area contributed by atoms with E-state index in [1.54, 1.807) is 11.0 Å². The van der Waals surface area contributed by atoms with Crippen LogP contribution in [0.15, 0.2) is 18.2 Å². The molecule has 4 rings (SSSR count). The molecule has 1 aromatic carbocycles. The summed E-state index contributed by atoms with van der Waals surface area (Å²) in [7, 11) is -3.51. The van der Waals surface area contributed by atoms with Gasteiger partial charge < -0.3 is 15.7 Å². The van der Waals surface area contributed by atoms with E-state index in [1.165, 1.54) is 6.07 Å². The van der Waals surface area contributed by atoms with E-state index >= 15 is 0 Å². The van der Waals surface area contributed by atoms with E-state index in [2.05, 4.69) is 4.90 Å². The van der Waals surface area contributed by atoms with Gasteiger partial charge in [0, 0.05) is 50.8 Å². The third kappa shape index (κ3) is 6.79. The number of primary amides is 1. The van der Waals surface area contributed by atoms with E-state index in [-0.39, 0.29) is 48.1 Å². The smallest absolute Gasteiger partial charge is 0.252 e. The molecule has 11 heteroatoms. The van der Waals surface area contributed by atoms with E-state index in [1.807, 2.05) is 6.07 Å². The van der Waals surface area contributed by atoms with E-state index < -0.39 is 33.3 Å². The van der Waals surface area contributed by atoms with Crippen molar-refractivity contribution >= 4 is 21.7 Å². The summed E-state index contributed by atoms with van der Waals surface area (Å²) < 4.78 is 50.8. The number of hydrogen-bond acceptors (Lipinski definition) is 6. The Hall–Kier alpha value is -2.27. The predicted octanol–water partition coefficient (Wildman–Crippen LogP) is 2.90. The quantitative estimate of drug-likeness (QED) is 0.496. The summed E-state index contributed by atoms with van der Waals surface area (Å²) in [6, 6.07) is 5.55. The second-order valence-corrected chi connectivity index (χ2v) is 13.2. The fourth-order valence-electron chi connectivity index (χ4n) is 6.45. The molecule has 206 valence electrons. The Bertz CT molecular complexity index is 1110. The molecule has 2 saturated heterocycles. The number of piperidine rings is 1. The molecule has 3 atom stereocenters. The molecule has 1 aromatic rings. The molecule has 2 aliphatic heterocycles. The number of amides is 2. The number of halogens is 2. The van der Waals surface area contributed by atoms with Gasteiger partial charge in [-0.1, -0.05) is 12.1 Å². The van der Waals surface area contributed by atoms with E-state index in [9.17, 15) is 31.9 Å². The Morgan fingerprint density at radius 1 is 1.14 bits per heavy atom. The van der Waals surface area contributed by atoms with Gasteiger partial charge in [0.15, 0.2) is 9.84 Å². The standard InChI is InChI=1S/C26H37F2N3O5S/c1-37(35,36)16-23(32)30(15-17-7-9-26(27,28)10-8-17)11-12-31-19-5-6-20(31)14-18(13-19)21-3-2-4-22(24(21)33)25(29)34/h2-4,17-20,33H,5-16H2,1H3,(H2,29,34)/t18-,19+,20-. The second-order valence-electron chi connectivity index (χ2n) is 11.1. The third-order valence-corrected chi connectivity index (χ3v) is 9.11. The van der Waals surface area contributed by atoms with E-state index in [4.69, 9.17) is 5.73 Å². The zero-order chi connectivity index (χ0) is 27.0. The van der Waals surface area contributed by atoms with Crippen LogP contribution in [0.1, 0.15) is 73.2 Å². The van der Waals surface area contributed by atoms with Crippen LogP contribution in [0, 0.1) is 5.92 Å². The molecule has 2 bridgehead atoms. The monoisotopic (exact) mass is 541 g/mol. The first kappa shape index (κ1) is 27.8. The number of hydrogen-bond donors (Lipinski definition) is 2. The Balaban J connectivity index is 1.41. The zero-order valence-corrected chi connectivity index (χ0v) is 22.1. The molecule has 0 unspecified atom stereocenters. The molecular formula is C26H37F2N3O5S. The average molecular weight is 542 g/mol. The zero-order valence-electron chi connectivity index (χ0n) is 21.2. The molecule has 2 amide bonds. The maximum Gasteiger partial charge on any atom is 0.252 e. The maximum absolute atomic E-state index is 13.6. The molecule has 37 heavy (non-hydrogen) atoms. The molecule has 1 saturated carbocycles. The number of phenols is 1. The van der Waals surface area contributed by atoms with Crippen LogP contribution in [0.25, 0.3) is 0 Å². The number of nitrogens with two attached hydrogens (primary N) is 1. The lowest BCUT2D eigenvalue weighted by atomic mass is 9.83. The number of benzene rings is 1. The summed E-state index contributed by atoms with van der Waals surface area (Å²) in [5.41, 5.74) is 6.25. The van der Waals surface area contributed by atoms with Crippen molar-refractivity contribution < 1.29 is 31.9 Å². The molecule has 2 heterocycles. The number of nitrogens with zero attached hydrogens (tertiary/aromatic N) is 2. The number of sulfone groups is 1. The molecule has 3 fully saturated rings. The maximum atomic E-state index is 13.6. The van der Waals surface area contributed by atoms with Crippen LogP contribution in [-0.4, -0.2) is 84.8 Å². The van der Waals surface area contributed by atoms with Crippen LogP contribution in [-0.2, 0) is 14.6 Å². The first-order valence-electron chi connectivity index (χ1n) is 13.0. The van der Waals surface area contributed by atoms with Gasteiger partial charge in [0.1, 0.15) is 11.5 Å². The SMILES string of the molecule is CS(=O)(=O)CC(=O)N(CCN1[C@@H]2CC[C@H]1C[C@@H](c1cccc(C(N)=O)c1O)C2)CC1CCC(F)(F)CC1. The van der Waals surface area contributed by atoms with Crippen molar-refractivity contribution in [1.82, 2.24) is 9.80 Å². The van der Waals surface area contributed by atoms with Gasteiger partial charge >= 0.3 is 0 Å². The van der Waals surface area contributed by atoms with Crippen LogP contribution in [0.3, 0.4) is 0 Å². The predicted molar refractivity (Wildman–Crippen MR) is 135 cm³/mol. The number of aromatic hydroxyl groups is 1. The molecule has 3 N–H and O–H groups in total. The summed E-state index contributed by atoms with van der Waals surface area (Å²) >= 11 is 0. The summed E-state index contributed by atoms with van der Waals surface area (Å²) in [5, 5.41) is 10.6. The summed E-state index contributed by atoms with van der Waals surface area (Å²) in [6.07, 6.45) is 4.81. The highest BCUT2D eigenvalue weighted by Gasteiger charge is 2.42. The van der Waals surface area contributed by atoms with Crippen molar-refractivity contribution in [2.45, 2.75) is 75.3 Å². The number of fused-ring (bicyclic) bond motifs is 2. The first-order valence-corrected chi connectivity index (χ1v) is 15.1. The van der Waals surface area contributed by atoms with Gasteiger partial charge in [-0.2, -0.15) is 0 Å². The number of carbonyl (C=O) groups excluding carboxylic acids is 2. The molecule has 0 radical (unpaired) electrons. The normalized spacial score (nSPS) is 26.2. The molecule has 3 aliphatic rings. The molecular weight excluding hydrogens is 504 g/mol. The number of para-hydroxylation sites is 1. The van der Waals surface area contributed by atoms with E-state index in [0.717, 1.165) is 37.5 Å². The number of rotatable bonds is 9. The minimum Gasteiger partial charge on any atom is -0.507 e. The van der Waals surface area contributed by atoms with Gasteiger partial charge in [0.05, 0.1) is 5.56 Å². The van der Waals surface area contributed by atoms with Gasteiger partial charge in [-0.15, -0.1) is 0 Å². The van der Waals surface area contributed by atoms with Crippen LogP contribution in [0.5, 0.6) is 5.75 Å². The Morgan fingerprint density at radius 3 is 2.32 bits per heavy atom. The van der Waals surface area contributed by atoms with Crippen LogP contribution in [0.2, 0.25) is 0 Å². The topological polar surface area (TPSA) is 121 Å². The molecule has 1 aliphatic carbocycles. The van der Waals surface area contributed by atoms with E-state index in [0.29, 0.717) is 32.5 Å². The Kier molecular flexibility index (Phi) is 8.13. The van der Waals surface area contributed by atoms with Crippen molar-refractivity contribution in [2.24, 2.45) is 11.7 Å². The van der Waals surface area contributed by atoms with Gasteiger partial charge in [-0.3, -0.25) is 14.5 Å². The van der Waals surface area contributed by atoms with Crippen LogP contribution < -0.4 is 5.73 Å². The lowest BCUT2D eigenvalue weighted by molar-refractivity contribution is -0.130. The fourth-order valence-corrected chi connectivity index (χ4v) is 7.08. The minimum absolute atomic E-state index is 0.0524. The van der Waals surface area contributed by atoms with Crippen molar-refractivity contribution in [1.29, 1.82) is 0 Å². The van der Waals surface area contributed by atoms with Crippen molar-refractivity contribution in [3.8, 4) is 5.75 Å². The average Bonchev–Trinajstić information content (AvgIpc) is 3.03. The Labute approximate surface area is 217 Å². The van der Waals surface area contributed by atoms with Crippen molar-refractivity contribution in [3.05, 3.63) is 29.3 Å².